The predicted molar refractivity (Wildman–Crippen MR) is 128 cm³/mol. The fourth-order valence-electron chi connectivity index (χ4n) is 4.24. The standard InChI is InChI=1S/C26H30N2O2S/c1-3-19-10-12-20(13-11-19)16-24-26(30)28(22-6-4-5-7-23(22)31-24)17-25(29)27-21-14-8-18(2)9-15-21/h4-7,10-13,16,18,21H,3,8-9,14-15,17H2,1-2H3,(H,27,29)/b24-16+. The summed E-state index contributed by atoms with van der Waals surface area (Å²) in [5.41, 5.74) is 3.07. The molecule has 4 nitrogen and oxygen atoms in total. The van der Waals surface area contributed by atoms with Gasteiger partial charge in [-0.05, 0) is 67.4 Å². The minimum absolute atomic E-state index is 0.0502. The smallest absolute Gasteiger partial charge is 0.265 e. The molecule has 2 aromatic carbocycles. The average molecular weight is 435 g/mol. The second-order valence-electron chi connectivity index (χ2n) is 8.59. The second kappa shape index (κ2) is 9.73. The number of hydrogen-bond donors (Lipinski definition) is 1. The van der Waals surface area contributed by atoms with Crippen LogP contribution in [-0.2, 0) is 16.0 Å². The van der Waals surface area contributed by atoms with E-state index >= 15 is 0 Å². The molecule has 1 saturated carbocycles. The van der Waals surface area contributed by atoms with E-state index in [4.69, 9.17) is 0 Å². The van der Waals surface area contributed by atoms with Crippen LogP contribution in [0, 0.1) is 5.92 Å². The van der Waals surface area contributed by atoms with Crippen molar-refractivity contribution in [3.05, 3.63) is 64.6 Å². The molecule has 5 heteroatoms. The second-order valence-corrected chi connectivity index (χ2v) is 9.67. The summed E-state index contributed by atoms with van der Waals surface area (Å²) >= 11 is 1.47. The first-order valence-electron chi connectivity index (χ1n) is 11.2. The third-order valence-electron chi connectivity index (χ3n) is 6.20. The van der Waals surface area contributed by atoms with Crippen LogP contribution in [-0.4, -0.2) is 24.4 Å². The molecule has 2 amide bonds. The van der Waals surface area contributed by atoms with Gasteiger partial charge in [0, 0.05) is 10.9 Å². The van der Waals surface area contributed by atoms with Crippen LogP contribution in [0.25, 0.3) is 6.08 Å². The van der Waals surface area contributed by atoms with Gasteiger partial charge in [0.1, 0.15) is 6.54 Å². The molecule has 1 fully saturated rings. The van der Waals surface area contributed by atoms with E-state index in [9.17, 15) is 9.59 Å². The number of rotatable bonds is 5. The minimum atomic E-state index is -0.115. The van der Waals surface area contributed by atoms with E-state index < -0.39 is 0 Å². The van der Waals surface area contributed by atoms with E-state index in [1.165, 1.54) is 17.3 Å². The van der Waals surface area contributed by atoms with Crippen molar-refractivity contribution in [2.24, 2.45) is 5.92 Å². The summed E-state index contributed by atoms with van der Waals surface area (Å²) in [6.45, 7) is 4.44. The molecule has 162 valence electrons. The summed E-state index contributed by atoms with van der Waals surface area (Å²) in [6, 6.07) is 16.3. The Kier molecular flexibility index (Phi) is 6.81. The van der Waals surface area contributed by atoms with Gasteiger partial charge in [0.15, 0.2) is 0 Å². The van der Waals surface area contributed by atoms with Gasteiger partial charge in [0.05, 0.1) is 10.6 Å². The predicted octanol–water partition coefficient (Wildman–Crippen LogP) is 5.42. The third kappa shape index (κ3) is 5.21. The Labute approximate surface area is 189 Å². The summed E-state index contributed by atoms with van der Waals surface area (Å²) in [4.78, 5) is 29.4. The highest BCUT2D eigenvalue weighted by Gasteiger charge is 2.31. The summed E-state index contributed by atoms with van der Waals surface area (Å²) in [6.07, 6.45) is 7.25. The molecule has 4 rings (SSSR count). The molecule has 1 heterocycles. The largest absolute Gasteiger partial charge is 0.352 e. The molecule has 0 radical (unpaired) electrons. The van der Waals surface area contributed by atoms with Crippen molar-refractivity contribution in [2.45, 2.75) is 56.9 Å². The first kappa shape index (κ1) is 21.7. The number of anilines is 1. The minimum Gasteiger partial charge on any atom is -0.352 e. The Hall–Kier alpha value is -2.53. The first-order chi connectivity index (χ1) is 15.0. The van der Waals surface area contributed by atoms with Gasteiger partial charge in [0.25, 0.3) is 5.91 Å². The van der Waals surface area contributed by atoms with Crippen LogP contribution in [0.1, 0.15) is 50.7 Å². The number of para-hydroxylation sites is 1. The lowest BCUT2D eigenvalue weighted by molar-refractivity contribution is -0.123. The first-order valence-corrected chi connectivity index (χ1v) is 12.0. The Morgan fingerprint density at radius 3 is 2.52 bits per heavy atom. The van der Waals surface area contributed by atoms with Crippen molar-refractivity contribution >= 4 is 35.3 Å². The number of carbonyl (C=O) groups excluding carboxylic acids is 2. The molecule has 2 aromatic rings. The summed E-state index contributed by atoms with van der Waals surface area (Å²) < 4.78 is 0. The Morgan fingerprint density at radius 2 is 1.81 bits per heavy atom. The van der Waals surface area contributed by atoms with Crippen molar-refractivity contribution < 1.29 is 9.59 Å². The normalized spacial score (nSPS) is 22.3. The maximum absolute atomic E-state index is 13.3. The summed E-state index contributed by atoms with van der Waals surface area (Å²) in [7, 11) is 0. The SMILES string of the molecule is CCc1ccc(/C=C2/Sc3ccccc3N(CC(=O)NC3CCC(C)CC3)C2=O)cc1. The number of thioether (sulfide) groups is 1. The molecule has 1 N–H and O–H groups in total. The number of fused-ring (bicyclic) bond motifs is 1. The molecule has 1 aliphatic carbocycles. The summed E-state index contributed by atoms with van der Waals surface area (Å²) in [5, 5.41) is 3.16. The molecule has 0 unspecified atom stereocenters. The van der Waals surface area contributed by atoms with E-state index in [1.807, 2.05) is 42.5 Å². The lowest BCUT2D eigenvalue weighted by Gasteiger charge is -2.31. The van der Waals surface area contributed by atoms with Gasteiger partial charge in [-0.1, -0.05) is 62.0 Å². The Balaban J connectivity index is 1.53. The highest BCUT2D eigenvalue weighted by atomic mass is 32.2. The number of hydrogen-bond acceptors (Lipinski definition) is 3. The van der Waals surface area contributed by atoms with Crippen LogP contribution in [0.3, 0.4) is 0 Å². The number of aryl methyl sites for hydroxylation is 1. The molecular weight excluding hydrogens is 404 g/mol. The number of benzene rings is 2. The van der Waals surface area contributed by atoms with E-state index in [0.717, 1.165) is 54.2 Å². The van der Waals surface area contributed by atoms with Gasteiger partial charge in [0.2, 0.25) is 5.91 Å². The van der Waals surface area contributed by atoms with Gasteiger partial charge >= 0.3 is 0 Å². The van der Waals surface area contributed by atoms with Gasteiger partial charge in [-0.2, -0.15) is 0 Å². The zero-order valence-corrected chi connectivity index (χ0v) is 19.1. The van der Waals surface area contributed by atoms with Crippen LogP contribution in [0.15, 0.2) is 58.3 Å². The van der Waals surface area contributed by atoms with Crippen molar-refractivity contribution in [2.75, 3.05) is 11.4 Å². The van der Waals surface area contributed by atoms with Crippen molar-refractivity contribution in [3.63, 3.8) is 0 Å². The van der Waals surface area contributed by atoms with Gasteiger partial charge in [-0.15, -0.1) is 0 Å². The molecule has 0 atom stereocenters. The zero-order valence-electron chi connectivity index (χ0n) is 18.3. The highest BCUT2D eigenvalue weighted by Crippen LogP contribution is 2.42. The molecule has 0 aromatic heterocycles. The van der Waals surface area contributed by atoms with Crippen LogP contribution >= 0.6 is 11.8 Å². The van der Waals surface area contributed by atoms with E-state index in [1.54, 1.807) is 4.90 Å². The van der Waals surface area contributed by atoms with Crippen molar-refractivity contribution in [1.29, 1.82) is 0 Å². The lowest BCUT2D eigenvalue weighted by Crippen LogP contribution is -2.46. The molecule has 2 aliphatic rings. The zero-order chi connectivity index (χ0) is 21.8. The number of amides is 2. The molecule has 0 bridgehead atoms. The Morgan fingerprint density at radius 1 is 1.10 bits per heavy atom. The molecule has 1 aliphatic heterocycles. The average Bonchev–Trinajstić information content (AvgIpc) is 2.78. The molecule has 31 heavy (non-hydrogen) atoms. The molecule has 0 spiro atoms. The fourth-order valence-corrected chi connectivity index (χ4v) is 5.30. The highest BCUT2D eigenvalue weighted by molar-refractivity contribution is 8.04. The third-order valence-corrected chi connectivity index (χ3v) is 7.28. The lowest BCUT2D eigenvalue weighted by atomic mass is 9.87. The van der Waals surface area contributed by atoms with Crippen LogP contribution in [0.4, 0.5) is 5.69 Å². The van der Waals surface area contributed by atoms with Gasteiger partial charge in [-0.3, -0.25) is 14.5 Å². The fraction of sp³-hybridized carbons (Fsp3) is 0.385. The van der Waals surface area contributed by atoms with Crippen LogP contribution in [0.5, 0.6) is 0 Å². The van der Waals surface area contributed by atoms with Crippen molar-refractivity contribution in [3.8, 4) is 0 Å². The topological polar surface area (TPSA) is 49.4 Å². The van der Waals surface area contributed by atoms with Crippen LogP contribution in [0.2, 0.25) is 0 Å². The van der Waals surface area contributed by atoms with Gasteiger partial charge in [-0.25, -0.2) is 0 Å². The number of nitrogens with zero attached hydrogens (tertiary/aromatic N) is 1. The maximum atomic E-state index is 13.3. The van der Waals surface area contributed by atoms with E-state index in [-0.39, 0.29) is 24.4 Å². The van der Waals surface area contributed by atoms with E-state index in [0.29, 0.717) is 4.91 Å². The number of carbonyl (C=O) groups is 2. The Bertz CT molecular complexity index is 975. The van der Waals surface area contributed by atoms with Gasteiger partial charge < -0.3 is 5.32 Å². The van der Waals surface area contributed by atoms with Crippen LogP contribution < -0.4 is 10.2 Å². The molecule has 0 saturated heterocycles. The maximum Gasteiger partial charge on any atom is 0.265 e. The number of nitrogens with one attached hydrogen (secondary N) is 1. The van der Waals surface area contributed by atoms with E-state index in [2.05, 4.69) is 31.3 Å². The molecular formula is C26H30N2O2S. The van der Waals surface area contributed by atoms with Crippen molar-refractivity contribution in [1.82, 2.24) is 5.32 Å². The summed E-state index contributed by atoms with van der Waals surface area (Å²) in [5.74, 6) is 0.539. The monoisotopic (exact) mass is 434 g/mol. The quantitative estimate of drug-likeness (QED) is 0.639.